The Morgan fingerprint density at radius 3 is 2.71 bits per heavy atom. The van der Waals surface area contributed by atoms with Crippen molar-refractivity contribution >= 4 is 23.3 Å². The van der Waals surface area contributed by atoms with E-state index >= 15 is 0 Å². The molecule has 3 aromatic rings. The maximum absolute atomic E-state index is 12.9. The van der Waals surface area contributed by atoms with Crippen LogP contribution < -0.4 is 5.32 Å². The number of aromatic nitrogens is 3. The van der Waals surface area contributed by atoms with Crippen LogP contribution in [-0.2, 0) is 11.2 Å². The predicted molar refractivity (Wildman–Crippen MR) is 85.9 cm³/mol. The smallest absolute Gasteiger partial charge is 0.227 e. The Bertz CT molecular complexity index is 834. The summed E-state index contributed by atoms with van der Waals surface area (Å²) in [6.45, 7) is 0. The van der Waals surface area contributed by atoms with Gasteiger partial charge in [-0.1, -0.05) is 16.8 Å². The Kier molecular flexibility index (Phi) is 4.81. The topological polar surface area (TPSA) is 80.9 Å². The van der Waals surface area contributed by atoms with Crippen LogP contribution in [0.5, 0.6) is 0 Å². The first kappa shape index (κ1) is 16.1. The van der Waals surface area contributed by atoms with Gasteiger partial charge in [0.1, 0.15) is 11.6 Å². The number of nitrogens with zero attached hydrogens (tertiary/aromatic N) is 3. The first-order valence-corrected chi connectivity index (χ1v) is 7.48. The van der Waals surface area contributed by atoms with Gasteiger partial charge in [-0.05, 0) is 36.4 Å². The monoisotopic (exact) mass is 346 g/mol. The molecule has 3 rings (SSSR count). The standard InChI is InChI=1S/C16H12ClFN4O2/c17-11-3-6-13(19-9-11)20-14(23)7-8-15-21-16(22-24-15)10-1-4-12(18)5-2-10/h1-6,9H,7-8H2,(H,19,20,23). The molecule has 0 radical (unpaired) electrons. The second-order valence-corrected chi connectivity index (χ2v) is 5.36. The van der Waals surface area contributed by atoms with Gasteiger partial charge in [0.25, 0.3) is 0 Å². The largest absolute Gasteiger partial charge is 0.339 e. The van der Waals surface area contributed by atoms with Crippen molar-refractivity contribution in [1.29, 1.82) is 0 Å². The van der Waals surface area contributed by atoms with E-state index in [0.29, 0.717) is 28.1 Å². The van der Waals surface area contributed by atoms with Crippen molar-refractivity contribution in [2.45, 2.75) is 12.8 Å². The molecule has 0 saturated carbocycles. The van der Waals surface area contributed by atoms with E-state index in [0.717, 1.165) is 0 Å². The van der Waals surface area contributed by atoms with Crippen molar-refractivity contribution < 1.29 is 13.7 Å². The summed E-state index contributed by atoms with van der Waals surface area (Å²) in [5.41, 5.74) is 0.640. The molecule has 122 valence electrons. The van der Waals surface area contributed by atoms with Gasteiger partial charge in [0.2, 0.25) is 17.6 Å². The summed E-state index contributed by atoms with van der Waals surface area (Å²) in [4.78, 5) is 20.0. The Balaban J connectivity index is 1.56. The van der Waals surface area contributed by atoms with Gasteiger partial charge in [-0.25, -0.2) is 9.37 Å². The minimum Gasteiger partial charge on any atom is -0.339 e. The Morgan fingerprint density at radius 2 is 2.00 bits per heavy atom. The minimum absolute atomic E-state index is 0.162. The molecule has 1 amide bonds. The molecule has 0 saturated heterocycles. The third kappa shape index (κ3) is 4.14. The lowest BCUT2D eigenvalue weighted by Crippen LogP contribution is -2.13. The van der Waals surface area contributed by atoms with Gasteiger partial charge >= 0.3 is 0 Å². The Hall–Kier alpha value is -2.80. The van der Waals surface area contributed by atoms with Gasteiger partial charge < -0.3 is 9.84 Å². The van der Waals surface area contributed by atoms with Gasteiger partial charge in [0, 0.05) is 24.6 Å². The minimum atomic E-state index is -0.338. The lowest BCUT2D eigenvalue weighted by Gasteiger charge is -2.02. The van der Waals surface area contributed by atoms with Gasteiger partial charge in [-0.3, -0.25) is 4.79 Å². The van der Waals surface area contributed by atoms with Crippen molar-refractivity contribution in [3.63, 3.8) is 0 Å². The second-order valence-electron chi connectivity index (χ2n) is 4.93. The number of hydrogen-bond donors (Lipinski definition) is 1. The molecular formula is C16H12ClFN4O2. The van der Waals surface area contributed by atoms with E-state index in [1.807, 2.05) is 0 Å². The summed E-state index contributed by atoms with van der Waals surface area (Å²) in [6, 6.07) is 9.00. The quantitative estimate of drug-likeness (QED) is 0.764. The van der Waals surface area contributed by atoms with Gasteiger partial charge in [-0.15, -0.1) is 0 Å². The highest BCUT2D eigenvalue weighted by Crippen LogP contribution is 2.17. The van der Waals surface area contributed by atoms with Crippen LogP contribution in [-0.4, -0.2) is 21.0 Å². The number of rotatable bonds is 5. The fourth-order valence-corrected chi connectivity index (χ4v) is 2.06. The first-order valence-electron chi connectivity index (χ1n) is 7.10. The summed E-state index contributed by atoms with van der Waals surface area (Å²) in [7, 11) is 0. The van der Waals surface area contributed by atoms with Crippen LogP contribution in [0, 0.1) is 5.82 Å². The van der Waals surface area contributed by atoms with E-state index < -0.39 is 0 Å². The van der Waals surface area contributed by atoms with Gasteiger partial charge in [0.05, 0.1) is 5.02 Å². The summed E-state index contributed by atoms with van der Waals surface area (Å²) in [5.74, 6) is 0.529. The molecule has 0 fully saturated rings. The SMILES string of the molecule is O=C(CCc1nc(-c2ccc(F)cc2)no1)Nc1ccc(Cl)cn1. The fraction of sp³-hybridized carbons (Fsp3) is 0.125. The normalized spacial score (nSPS) is 10.6. The zero-order chi connectivity index (χ0) is 16.9. The molecule has 0 unspecified atom stereocenters. The lowest BCUT2D eigenvalue weighted by molar-refractivity contribution is -0.116. The Labute approximate surface area is 141 Å². The molecule has 0 atom stereocenters. The highest BCUT2D eigenvalue weighted by molar-refractivity contribution is 6.30. The van der Waals surface area contributed by atoms with Crippen molar-refractivity contribution in [1.82, 2.24) is 15.1 Å². The van der Waals surface area contributed by atoms with E-state index in [9.17, 15) is 9.18 Å². The highest BCUT2D eigenvalue weighted by Gasteiger charge is 2.11. The summed E-state index contributed by atoms with van der Waals surface area (Å²) < 4.78 is 18.0. The van der Waals surface area contributed by atoms with Crippen molar-refractivity contribution in [2.24, 2.45) is 0 Å². The molecule has 2 aromatic heterocycles. The van der Waals surface area contributed by atoms with Crippen molar-refractivity contribution in [3.05, 3.63) is 59.3 Å². The third-order valence-corrected chi connectivity index (χ3v) is 3.35. The third-order valence-electron chi connectivity index (χ3n) is 3.13. The number of carbonyl (C=O) groups is 1. The number of halogens is 2. The average molecular weight is 347 g/mol. The molecule has 8 heteroatoms. The molecule has 24 heavy (non-hydrogen) atoms. The van der Waals surface area contributed by atoms with Crippen molar-refractivity contribution in [2.75, 3.05) is 5.32 Å². The molecule has 1 N–H and O–H groups in total. The summed E-state index contributed by atoms with van der Waals surface area (Å²) >= 11 is 5.73. The molecular weight excluding hydrogens is 335 g/mol. The number of hydrogen-bond acceptors (Lipinski definition) is 5. The van der Waals surface area contributed by atoms with Gasteiger partial charge in [0.15, 0.2) is 0 Å². The fourth-order valence-electron chi connectivity index (χ4n) is 1.95. The maximum Gasteiger partial charge on any atom is 0.227 e. The molecule has 0 spiro atoms. The molecule has 0 bridgehead atoms. The number of pyridine rings is 1. The number of anilines is 1. The zero-order valence-electron chi connectivity index (χ0n) is 12.4. The molecule has 2 heterocycles. The van der Waals surface area contributed by atoms with Crippen LogP contribution in [0.1, 0.15) is 12.3 Å². The zero-order valence-corrected chi connectivity index (χ0v) is 13.1. The lowest BCUT2D eigenvalue weighted by atomic mass is 10.2. The maximum atomic E-state index is 12.9. The predicted octanol–water partition coefficient (Wildman–Crippen LogP) is 3.50. The van der Waals surface area contributed by atoms with Crippen LogP contribution in [0.25, 0.3) is 11.4 Å². The summed E-state index contributed by atoms with van der Waals surface area (Å²) in [5, 5.41) is 6.96. The van der Waals surface area contributed by atoms with E-state index in [-0.39, 0.29) is 24.6 Å². The highest BCUT2D eigenvalue weighted by atomic mass is 35.5. The van der Waals surface area contributed by atoms with E-state index in [1.54, 1.807) is 24.3 Å². The first-order chi connectivity index (χ1) is 11.6. The van der Waals surface area contributed by atoms with E-state index in [4.69, 9.17) is 16.1 Å². The molecule has 0 aliphatic carbocycles. The van der Waals surface area contributed by atoms with Crippen LogP contribution in [0.2, 0.25) is 5.02 Å². The second kappa shape index (κ2) is 7.18. The van der Waals surface area contributed by atoms with Crippen LogP contribution in [0.15, 0.2) is 47.1 Å². The van der Waals surface area contributed by atoms with Crippen LogP contribution in [0.3, 0.4) is 0 Å². The average Bonchev–Trinajstić information content (AvgIpc) is 3.05. The van der Waals surface area contributed by atoms with Gasteiger partial charge in [-0.2, -0.15) is 4.98 Å². The van der Waals surface area contributed by atoms with E-state index in [1.165, 1.54) is 18.3 Å². The summed E-state index contributed by atoms with van der Waals surface area (Å²) in [6.07, 6.45) is 1.90. The number of benzene rings is 1. The van der Waals surface area contributed by atoms with Crippen LogP contribution in [0.4, 0.5) is 10.2 Å². The van der Waals surface area contributed by atoms with Crippen molar-refractivity contribution in [3.8, 4) is 11.4 Å². The molecule has 0 aliphatic rings. The van der Waals surface area contributed by atoms with Crippen LogP contribution >= 0.6 is 11.6 Å². The molecule has 6 nitrogen and oxygen atoms in total. The number of amides is 1. The van der Waals surface area contributed by atoms with E-state index in [2.05, 4.69) is 20.4 Å². The molecule has 1 aromatic carbocycles. The number of aryl methyl sites for hydroxylation is 1. The molecule has 0 aliphatic heterocycles. The number of carbonyl (C=O) groups excluding carboxylic acids is 1. The number of nitrogens with one attached hydrogen (secondary N) is 1. The Morgan fingerprint density at radius 1 is 1.21 bits per heavy atom.